The molecule has 1 aliphatic heterocycles. The lowest BCUT2D eigenvalue weighted by molar-refractivity contribution is 0.0600. The number of anilines is 1. The van der Waals surface area contributed by atoms with Crippen molar-refractivity contribution in [3.05, 3.63) is 53.1 Å². The van der Waals surface area contributed by atoms with E-state index in [1.165, 1.54) is 23.5 Å². The van der Waals surface area contributed by atoms with Crippen LogP contribution in [0.2, 0.25) is 5.02 Å². The van der Waals surface area contributed by atoms with Crippen LogP contribution in [0.25, 0.3) is 0 Å². The number of hydrogen-bond acceptors (Lipinski definition) is 5. The van der Waals surface area contributed by atoms with Gasteiger partial charge in [-0.05, 0) is 36.4 Å². The Morgan fingerprint density at radius 3 is 2.75 bits per heavy atom. The Balaban J connectivity index is 2.10. The number of esters is 1. The Morgan fingerprint density at radius 1 is 1.25 bits per heavy atom. The van der Waals surface area contributed by atoms with Crippen molar-refractivity contribution >= 4 is 45.0 Å². The molecular formula is C16H14ClNO4S2. The fraction of sp³-hybridized carbons (Fsp3) is 0.188. The number of hydrogen-bond donors (Lipinski definition) is 0. The summed E-state index contributed by atoms with van der Waals surface area (Å²) in [6, 6.07) is 11.1. The quantitative estimate of drug-likeness (QED) is 0.760. The fourth-order valence-electron chi connectivity index (χ4n) is 2.44. The molecule has 8 heteroatoms. The monoisotopic (exact) mass is 383 g/mol. The van der Waals surface area contributed by atoms with E-state index in [2.05, 4.69) is 0 Å². The molecule has 0 atom stereocenters. The average Bonchev–Trinajstić information content (AvgIpc) is 2.60. The molecule has 2 aromatic rings. The molecular weight excluding hydrogens is 370 g/mol. The van der Waals surface area contributed by atoms with E-state index in [4.69, 9.17) is 16.3 Å². The van der Waals surface area contributed by atoms with Gasteiger partial charge in [-0.2, -0.15) is 0 Å². The number of thioether (sulfide) groups is 1. The molecule has 0 fully saturated rings. The van der Waals surface area contributed by atoms with Gasteiger partial charge in [0.05, 0.1) is 23.3 Å². The second kappa shape index (κ2) is 6.66. The molecule has 0 N–H and O–H groups in total. The molecule has 0 unspecified atom stereocenters. The predicted octanol–water partition coefficient (Wildman–Crippen LogP) is 3.43. The van der Waals surface area contributed by atoms with Crippen LogP contribution in [-0.2, 0) is 14.8 Å². The average molecular weight is 384 g/mol. The zero-order chi connectivity index (χ0) is 17.3. The second-order valence-corrected chi connectivity index (χ2v) is 8.49. The largest absolute Gasteiger partial charge is 0.465 e. The van der Waals surface area contributed by atoms with Gasteiger partial charge in [0.25, 0.3) is 10.0 Å². The number of carbonyl (C=O) groups is 1. The minimum Gasteiger partial charge on any atom is -0.465 e. The van der Waals surface area contributed by atoms with Gasteiger partial charge in [0, 0.05) is 22.2 Å². The van der Waals surface area contributed by atoms with Gasteiger partial charge in [0.2, 0.25) is 0 Å². The zero-order valence-corrected chi connectivity index (χ0v) is 15.1. The van der Waals surface area contributed by atoms with Gasteiger partial charge in [0.1, 0.15) is 0 Å². The van der Waals surface area contributed by atoms with Gasteiger partial charge in [-0.15, -0.1) is 11.8 Å². The SMILES string of the molecule is COC(=O)c1ccc2c(c1)N(S(=O)(=O)c1cccc(Cl)c1)CCS2. The Morgan fingerprint density at radius 2 is 2.04 bits per heavy atom. The maximum absolute atomic E-state index is 13.0. The van der Waals surface area contributed by atoms with Crippen LogP contribution in [0.15, 0.2) is 52.3 Å². The maximum atomic E-state index is 13.0. The Labute approximate surface area is 149 Å². The summed E-state index contributed by atoms with van der Waals surface area (Å²) >= 11 is 7.48. The van der Waals surface area contributed by atoms with Crippen LogP contribution in [0.5, 0.6) is 0 Å². The Hall–Kier alpha value is -1.70. The first-order valence-corrected chi connectivity index (χ1v) is 9.87. The third-order valence-electron chi connectivity index (χ3n) is 3.58. The van der Waals surface area contributed by atoms with E-state index in [-0.39, 0.29) is 4.90 Å². The van der Waals surface area contributed by atoms with Crippen LogP contribution in [0.3, 0.4) is 0 Å². The highest BCUT2D eigenvalue weighted by molar-refractivity contribution is 8.00. The number of carbonyl (C=O) groups excluding carboxylic acids is 1. The van der Waals surface area contributed by atoms with Crippen molar-refractivity contribution in [1.82, 2.24) is 0 Å². The summed E-state index contributed by atoms with van der Waals surface area (Å²) in [5, 5.41) is 0.353. The van der Waals surface area contributed by atoms with E-state index in [0.717, 1.165) is 4.90 Å². The number of halogens is 1. The smallest absolute Gasteiger partial charge is 0.337 e. The van der Waals surface area contributed by atoms with Gasteiger partial charge in [-0.3, -0.25) is 4.31 Å². The van der Waals surface area contributed by atoms with E-state index in [1.807, 2.05) is 0 Å². The molecule has 0 bridgehead atoms. The van der Waals surface area contributed by atoms with Crippen LogP contribution in [0.1, 0.15) is 10.4 Å². The van der Waals surface area contributed by atoms with Crippen LogP contribution >= 0.6 is 23.4 Å². The summed E-state index contributed by atoms with van der Waals surface area (Å²) in [5.74, 6) is 0.123. The highest BCUT2D eigenvalue weighted by atomic mass is 35.5. The number of ether oxygens (including phenoxy) is 1. The Bertz CT molecular complexity index is 899. The Kier molecular flexibility index (Phi) is 4.76. The van der Waals surface area contributed by atoms with E-state index >= 15 is 0 Å². The third-order valence-corrected chi connectivity index (χ3v) is 6.67. The molecule has 0 aromatic heterocycles. The summed E-state index contributed by atoms with van der Waals surface area (Å²) in [5.41, 5.74) is 0.791. The third kappa shape index (κ3) is 3.11. The summed E-state index contributed by atoms with van der Waals surface area (Å²) < 4.78 is 32.0. The lowest BCUT2D eigenvalue weighted by atomic mass is 10.2. The molecule has 2 aromatic carbocycles. The van der Waals surface area contributed by atoms with Gasteiger partial charge < -0.3 is 4.74 Å². The number of methoxy groups -OCH3 is 1. The molecule has 0 radical (unpaired) electrons. The first-order chi connectivity index (χ1) is 11.4. The van der Waals surface area contributed by atoms with Gasteiger partial charge in [0.15, 0.2) is 0 Å². The van der Waals surface area contributed by atoms with E-state index in [1.54, 1.807) is 42.1 Å². The van der Waals surface area contributed by atoms with Crippen molar-refractivity contribution in [3.63, 3.8) is 0 Å². The topological polar surface area (TPSA) is 63.7 Å². The fourth-order valence-corrected chi connectivity index (χ4v) is 5.37. The molecule has 0 amide bonds. The minimum absolute atomic E-state index is 0.122. The highest BCUT2D eigenvalue weighted by Crippen LogP contribution is 2.38. The van der Waals surface area contributed by atoms with Crippen molar-refractivity contribution in [1.29, 1.82) is 0 Å². The molecule has 5 nitrogen and oxygen atoms in total. The van der Waals surface area contributed by atoms with Crippen molar-refractivity contribution in [2.75, 3.05) is 23.7 Å². The van der Waals surface area contributed by atoms with Crippen molar-refractivity contribution in [2.24, 2.45) is 0 Å². The molecule has 0 saturated carbocycles. The van der Waals surface area contributed by atoms with E-state index in [0.29, 0.717) is 28.6 Å². The van der Waals surface area contributed by atoms with E-state index < -0.39 is 16.0 Å². The van der Waals surface area contributed by atoms with Crippen LogP contribution in [-0.4, -0.2) is 33.8 Å². The first-order valence-electron chi connectivity index (χ1n) is 7.07. The molecule has 126 valence electrons. The van der Waals surface area contributed by atoms with Crippen LogP contribution in [0.4, 0.5) is 5.69 Å². The number of nitrogens with zero attached hydrogens (tertiary/aromatic N) is 1. The van der Waals surface area contributed by atoms with Gasteiger partial charge >= 0.3 is 5.97 Å². The number of fused-ring (bicyclic) bond motifs is 1. The summed E-state index contributed by atoms with van der Waals surface area (Å²) in [7, 11) is -2.47. The van der Waals surface area contributed by atoms with Gasteiger partial charge in [-0.25, -0.2) is 13.2 Å². The van der Waals surface area contributed by atoms with Crippen LogP contribution < -0.4 is 4.31 Å². The molecule has 1 aliphatic rings. The number of sulfonamides is 1. The van der Waals surface area contributed by atoms with Crippen molar-refractivity contribution < 1.29 is 17.9 Å². The highest BCUT2D eigenvalue weighted by Gasteiger charge is 2.30. The van der Waals surface area contributed by atoms with Crippen molar-refractivity contribution in [3.8, 4) is 0 Å². The van der Waals surface area contributed by atoms with Crippen molar-refractivity contribution in [2.45, 2.75) is 9.79 Å². The zero-order valence-electron chi connectivity index (χ0n) is 12.7. The summed E-state index contributed by atoms with van der Waals surface area (Å²) in [6.07, 6.45) is 0. The summed E-state index contributed by atoms with van der Waals surface area (Å²) in [6.45, 7) is 0.317. The van der Waals surface area contributed by atoms with Gasteiger partial charge in [-0.1, -0.05) is 17.7 Å². The molecule has 3 rings (SSSR count). The second-order valence-electron chi connectivity index (χ2n) is 5.06. The lowest BCUT2D eigenvalue weighted by Gasteiger charge is -2.30. The molecule has 0 aliphatic carbocycles. The number of benzene rings is 2. The minimum atomic E-state index is -3.76. The normalized spacial score (nSPS) is 14.2. The predicted molar refractivity (Wildman–Crippen MR) is 94.5 cm³/mol. The molecule has 24 heavy (non-hydrogen) atoms. The maximum Gasteiger partial charge on any atom is 0.337 e. The first kappa shape index (κ1) is 17.1. The van der Waals surface area contributed by atoms with E-state index in [9.17, 15) is 13.2 Å². The lowest BCUT2D eigenvalue weighted by Crippen LogP contribution is -2.35. The standard InChI is InChI=1S/C16H14ClNO4S2/c1-22-16(19)11-5-6-15-14(9-11)18(7-8-23-15)24(20,21)13-4-2-3-12(17)10-13/h2-6,9-10H,7-8H2,1H3. The number of rotatable bonds is 3. The summed E-state index contributed by atoms with van der Waals surface area (Å²) in [4.78, 5) is 12.7. The van der Waals surface area contributed by atoms with Crippen LogP contribution in [0, 0.1) is 0 Å². The molecule has 0 saturated heterocycles. The molecule has 0 spiro atoms. The molecule has 1 heterocycles.